The molecule has 104 valence electrons. The molecule has 0 aliphatic carbocycles. The fourth-order valence-corrected chi connectivity index (χ4v) is 1.97. The highest BCUT2D eigenvalue weighted by Gasteiger charge is 2.24. The lowest BCUT2D eigenvalue weighted by Gasteiger charge is -2.29. The van der Waals surface area contributed by atoms with Gasteiger partial charge in [0.05, 0.1) is 25.0 Å². The van der Waals surface area contributed by atoms with Gasteiger partial charge in [-0.05, 0) is 13.8 Å². The van der Waals surface area contributed by atoms with Gasteiger partial charge in [-0.25, -0.2) is 0 Å². The molecule has 7 nitrogen and oxygen atoms in total. The van der Waals surface area contributed by atoms with Crippen molar-refractivity contribution in [2.45, 2.75) is 19.9 Å². The Labute approximate surface area is 111 Å². The van der Waals surface area contributed by atoms with Gasteiger partial charge in [0.25, 0.3) is 5.91 Å². The predicted octanol–water partition coefficient (Wildman–Crippen LogP) is -0.305. The number of carbonyl (C=O) groups is 2. The Morgan fingerprint density at radius 2 is 2.16 bits per heavy atom. The van der Waals surface area contributed by atoms with Gasteiger partial charge in [0.1, 0.15) is 6.04 Å². The average Bonchev–Trinajstić information content (AvgIpc) is 2.85. The number of aromatic amines is 1. The third-order valence-corrected chi connectivity index (χ3v) is 3.12. The number of rotatable bonds is 3. The lowest BCUT2D eigenvalue weighted by molar-refractivity contribution is -0.136. The second kappa shape index (κ2) is 5.83. The second-order valence-electron chi connectivity index (χ2n) is 4.54. The molecule has 0 saturated carbocycles. The number of H-pyrrole nitrogens is 1. The number of nitrogens with one attached hydrogen (secondary N) is 2. The van der Waals surface area contributed by atoms with Crippen LogP contribution in [-0.2, 0) is 9.53 Å². The summed E-state index contributed by atoms with van der Waals surface area (Å²) in [4.78, 5) is 25.8. The van der Waals surface area contributed by atoms with Crippen LogP contribution in [0.4, 0.5) is 0 Å². The van der Waals surface area contributed by atoms with Gasteiger partial charge in [-0.2, -0.15) is 5.10 Å². The smallest absolute Gasteiger partial charge is 0.255 e. The standard InChI is InChI=1S/C12H18N4O3/c1-8-10(7-13-15-8)11(17)14-9(2)12(18)16-3-5-19-6-4-16/h7,9H,3-6H2,1-2H3,(H,13,15)(H,14,17). The van der Waals surface area contributed by atoms with Crippen molar-refractivity contribution in [2.75, 3.05) is 26.3 Å². The highest BCUT2D eigenvalue weighted by atomic mass is 16.5. The van der Waals surface area contributed by atoms with Crippen LogP contribution in [-0.4, -0.2) is 59.3 Å². The number of hydrogen-bond acceptors (Lipinski definition) is 4. The first-order valence-electron chi connectivity index (χ1n) is 6.27. The molecule has 0 bridgehead atoms. The minimum Gasteiger partial charge on any atom is -0.378 e. The van der Waals surface area contributed by atoms with Crippen LogP contribution in [0.25, 0.3) is 0 Å². The third-order valence-electron chi connectivity index (χ3n) is 3.12. The van der Waals surface area contributed by atoms with Crippen molar-refractivity contribution < 1.29 is 14.3 Å². The van der Waals surface area contributed by atoms with E-state index >= 15 is 0 Å². The zero-order valence-electron chi connectivity index (χ0n) is 11.1. The maximum Gasteiger partial charge on any atom is 0.255 e. The highest BCUT2D eigenvalue weighted by Crippen LogP contribution is 2.05. The van der Waals surface area contributed by atoms with Gasteiger partial charge in [-0.15, -0.1) is 0 Å². The Morgan fingerprint density at radius 1 is 1.47 bits per heavy atom. The molecule has 0 spiro atoms. The average molecular weight is 266 g/mol. The molecule has 2 rings (SSSR count). The molecule has 1 aromatic heterocycles. The highest BCUT2D eigenvalue weighted by molar-refractivity contribution is 5.98. The second-order valence-corrected chi connectivity index (χ2v) is 4.54. The fourth-order valence-electron chi connectivity index (χ4n) is 1.97. The summed E-state index contributed by atoms with van der Waals surface area (Å²) >= 11 is 0. The Kier molecular flexibility index (Phi) is 4.16. The Hall–Kier alpha value is -1.89. The van der Waals surface area contributed by atoms with E-state index < -0.39 is 6.04 Å². The quantitative estimate of drug-likeness (QED) is 0.786. The molecule has 0 radical (unpaired) electrons. The van der Waals surface area contributed by atoms with Crippen molar-refractivity contribution in [2.24, 2.45) is 0 Å². The van der Waals surface area contributed by atoms with E-state index in [0.29, 0.717) is 37.6 Å². The molecule has 1 unspecified atom stereocenters. The third kappa shape index (κ3) is 3.11. The van der Waals surface area contributed by atoms with Gasteiger partial charge in [-0.1, -0.05) is 0 Å². The summed E-state index contributed by atoms with van der Waals surface area (Å²) < 4.78 is 5.19. The van der Waals surface area contributed by atoms with Crippen molar-refractivity contribution in [1.29, 1.82) is 0 Å². The van der Waals surface area contributed by atoms with Gasteiger partial charge >= 0.3 is 0 Å². The Morgan fingerprint density at radius 3 is 2.74 bits per heavy atom. The molecule has 2 amide bonds. The summed E-state index contributed by atoms with van der Waals surface area (Å²) in [6, 6.07) is -0.556. The summed E-state index contributed by atoms with van der Waals surface area (Å²) in [5, 5.41) is 9.17. The number of aromatic nitrogens is 2. The molecule has 19 heavy (non-hydrogen) atoms. The predicted molar refractivity (Wildman–Crippen MR) is 67.7 cm³/mol. The maximum absolute atomic E-state index is 12.1. The molecular weight excluding hydrogens is 248 g/mol. The van der Waals surface area contributed by atoms with E-state index in [1.165, 1.54) is 6.20 Å². The van der Waals surface area contributed by atoms with E-state index in [4.69, 9.17) is 4.74 Å². The van der Waals surface area contributed by atoms with Crippen LogP contribution < -0.4 is 5.32 Å². The molecule has 2 heterocycles. The molecule has 7 heteroatoms. The van der Waals surface area contributed by atoms with E-state index in [2.05, 4.69) is 15.5 Å². The molecule has 2 N–H and O–H groups in total. The molecule has 1 saturated heterocycles. The zero-order chi connectivity index (χ0) is 13.8. The monoisotopic (exact) mass is 266 g/mol. The van der Waals surface area contributed by atoms with E-state index in [1.54, 1.807) is 18.7 Å². The molecule has 1 aliphatic heterocycles. The molecule has 1 fully saturated rings. The van der Waals surface area contributed by atoms with Crippen LogP contribution in [0.15, 0.2) is 6.20 Å². The zero-order valence-corrected chi connectivity index (χ0v) is 11.1. The largest absolute Gasteiger partial charge is 0.378 e. The first-order chi connectivity index (χ1) is 9.09. The maximum atomic E-state index is 12.1. The van der Waals surface area contributed by atoms with Crippen molar-refractivity contribution >= 4 is 11.8 Å². The van der Waals surface area contributed by atoms with Gasteiger partial charge in [-0.3, -0.25) is 14.7 Å². The summed E-state index contributed by atoms with van der Waals surface area (Å²) in [5.74, 6) is -0.377. The first-order valence-corrected chi connectivity index (χ1v) is 6.27. The number of hydrogen-bond donors (Lipinski definition) is 2. The van der Waals surface area contributed by atoms with Crippen molar-refractivity contribution in [1.82, 2.24) is 20.4 Å². The van der Waals surface area contributed by atoms with Crippen LogP contribution >= 0.6 is 0 Å². The molecule has 1 aliphatic rings. The number of amides is 2. The SMILES string of the molecule is Cc1[nH]ncc1C(=O)NC(C)C(=O)N1CCOCC1. The molecule has 1 aromatic rings. The lowest BCUT2D eigenvalue weighted by atomic mass is 10.2. The summed E-state index contributed by atoms with van der Waals surface area (Å²) in [7, 11) is 0. The molecular formula is C12H18N4O3. The minimum absolute atomic E-state index is 0.0854. The van der Waals surface area contributed by atoms with Crippen LogP contribution in [0.1, 0.15) is 23.0 Å². The first kappa shape index (κ1) is 13.5. The number of carbonyl (C=O) groups excluding carboxylic acids is 2. The van der Waals surface area contributed by atoms with Gasteiger partial charge in [0.2, 0.25) is 5.91 Å². The number of nitrogens with zero attached hydrogens (tertiary/aromatic N) is 2. The van der Waals surface area contributed by atoms with Gasteiger partial charge in [0, 0.05) is 18.8 Å². The van der Waals surface area contributed by atoms with Gasteiger partial charge < -0.3 is 15.0 Å². The summed E-state index contributed by atoms with van der Waals surface area (Å²) in [5.41, 5.74) is 1.14. The van der Waals surface area contributed by atoms with E-state index in [-0.39, 0.29) is 11.8 Å². The lowest BCUT2D eigenvalue weighted by Crippen LogP contribution is -2.50. The molecule has 0 aromatic carbocycles. The Balaban J connectivity index is 1.93. The summed E-state index contributed by atoms with van der Waals surface area (Å²) in [6.45, 7) is 5.69. The number of aryl methyl sites for hydroxylation is 1. The van der Waals surface area contributed by atoms with E-state index in [0.717, 1.165) is 0 Å². The van der Waals surface area contributed by atoms with Crippen LogP contribution in [0.2, 0.25) is 0 Å². The van der Waals surface area contributed by atoms with Gasteiger partial charge in [0.15, 0.2) is 0 Å². The topological polar surface area (TPSA) is 87.3 Å². The summed E-state index contributed by atoms with van der Waals surface area (Å²) in [6.07, 6.45) is 1.45. The van der Waals surface area contributed by atoms with Crippen LogP contribution in [0, 0.1) is 6.92 Å². The van der Waals surface area contributed by atoms with Crippen molar-refractivity contribution in [3.05, 3.63) is 17.5 Å². The van der Waals surface area contributed by atoms with Crippen LogP contribution in [0.3, 0.4) is 0 Å². The van der Waals surface area contributed by atoms with Crippen molar-refractivity contribution in [3.8, 4) is 0 Å². The normalized spacial score (nSPS) is 17.1. The number of ether oxygens (including phenoxy) is 1. The molecule has 1 atom stereocenters. The minimum atomic E-state index is -0.556. The fraction of sp³-hybridized carbons (Fsp3) is 0.583. The number of morpholine rings is 1. The Bertz CT molecular complexity index is 465. The van der Waals surface area contributed by atoms with E-state index in [9.17, 15) is 9.59 Å². The van der Waals surface area contributed by atoms with E-state index in [1.807, 2.05) is 0 Å². The van der Waals surface area contributed by atoms with Crippen molar-refractivity contribution in [3.63, 3.8) is 0 Å². The van der Waals surface area contributed by atoms with Crippen LogP contribution in [0.5, 0.6) is 0 Å².